The van der Waals surface area contributed by atoms with Crippen LogP contribution in [0.2, 0.25) is 0 Å². The van der Waals surface area contributed by atoms with Gasteiger partial charge in [0.25, 0.3) is 0 Å². The van der Waals surface area contributed by atoms with Gasteiger partial charge in [-0.1, -0.05) is 13.0 Å². The van der Waals surface area contributed by atoms with Crippen molar-refractivity contribution in [3.8, 4) is 12.5 Å². The van der Waals surface area contributed by atoms with Crippen molar-refractivity contribution in [2.24, 2.45) is 0 Å². The molecule has 0 aromatic carbocycles. The van der Waals surface area contributed by atoms with Crippen molar-refractivity contribution in [2.75, 3.05) is 20.6 Å². The van der Waals surface area contributed by atoms with Crippen LogP contribution >= 0.6 is 0 Å². The van der Waals surface area contributed by atoms with E-state index in [4.69, 9.17) is 6.42 Å². The molecule has 0 saturated heterocycles. The SMILES string of the molecule is C#C[N+](C)(C)CC=C. The Bertz CT molecular complexity index is 117. The van der Waals surface area contributed by atoms with Gasteiger partial charge in [0.1, 0.15) is 12.6 Å². The van der Waals surface area contributed by atoms with E-state index in [1.165, 1.54) is 0 Å². The van der Waals surface area contributed by atoms with Crippen LogP contribution in [0, 0.1) is 12.5 Å². The van der Waals surface area contributed by atoms with E-state index in [2.05, 4.69) is 12.6 Å². The lowest BCUT2D eigenvalue weighted by Gasteiger charge is -2.17. The summed E-state index contributed by atoms with van der Waals surface area (Å²) in [5, 5.41) is 0. The van der Waals surface area contributed by atoms with Gasteiger partial charge in [-0.05, 0) is 6.08 Å². The minimum absolute atomic E-state index is 0.573. The normalized spacial score (nSPS) is 10.1. The smallest absolute Gasteiger partial charge is 0.133 e. The Labute approximate surface area is 51.2 Å². The molecule has 0 aliphatic rings. The van der Waals surface area contributed by atoms with Crippen LogP contribution in [0.5, 0.6) is 0 Å². The van der Waals surface area contributed by atoms with Gasteiger partial charge in [0.15, 0.2) is 0 Å². The van der Waals surface area contributed by atoms with Gasteiger partial charge in [0.2, 0.25) is 0 Å². The van der Waals surface area contributed by atoms with Crippen LogP contribution in [-0.2, 0) is 0 Å². The Morgan fingerprint density at radius 3 is 2.38 bits per heavy atom. The second kappa shape index (κ2) is 2.54. The summed E-state index contributed by atoms with van der Waals surface area (Å²) in [4.78, 5) is 0. The quantitative estimate of drug-likeness (QED) is 0.281. The van der Waals surface area contributed by atoms with Gasteiger partial charge in [-0.3, -0.25) is 0 Å². The molecule has 44 valence electrons. The van der Waals surface area contributed by atoms with Crippen molar-refractivity contribution in [2.45, 2.75) is 0 Å². The van der Waals surface area contributed by atoms with Crippen LogP contribution in [0.25, 0.3) is 0 Å². The standard InChI is InChI=1S/C7H12N/c1-5-7-8(3,4)6-2/h2,5H,1,7H2,3-4H3/q+1. The van der Waals surface area contributed by atoms with E-state index in [1.54, 1.807) is 0 Å². The average Bonchev–Trinajstić information content (AvgIpc) is 1.67. The zero-order chi connectivity index (χ0) is 6.62. The topological polar surface area (TPSA) is 0 Å². The van der Waals surface area contributed by atoms with Crippen molar-refractivity contribution in [3.05, 3.63) is 12.7 Å². The Hall–Kier alpha value is -0.740. The minimum atomic E-state index is 0.573. The van der Waals surface area contributed by atoms with Gasteiger partial charge in [-0.2, -0.15) is 0 Å². The molecule has 1 nitrogen and oxygen atoms in total. The molecule has 0 spiro atoms. The molecule has 0 rings (SSSR count). The highest BCUT2D eigenvalue weighted by Gasteiger charge is 2.05. The lowest BCUT2D eigenvalue weighted by Crippen LogP contribution is -2.33. The first-order chi connectivity index (χ1) is 3.62. The highest BCUT2D eigenvalue weighted by Crippen LogP contribution is 1.90. The second-order valence-electron chi connectivity index (χ2n) is 2.29. The van der Waals surface area contributed by atoms with Crippen molar-refractivity contribution in [3.63, 3.8) is 0 Å². The summed E-state index contributed by atoms with van der Waals surface area (Å²) < 4.78 is 0.573. The van der Waals surface area contributed by atoms with E-state index in [9.17, 15) is 0 Å². The molecule has 0 amide bonds. The van der Waals surface area contributed by atoms with Gasteiger partial charge >= 0.3 is 0 Å². The number of hydrogen-bond donors (Lipinski definition) is 0. The molecular formula is C7H12N+. The molecule has 1 heteroatoms. The van der Waals surface area contributed by atoms with E-state index < -0.39 is 0 Å². The third kappa shape index (κ3) is 2.44. The molecule has 0 aliphatic heterocycles. The van der Waals surface area contributed by atoms with Crippen LogP contribution in [0.3, 0.4) is 0 Å². The number of quaternary nitrogens is 1. The molecule has 0 N–H and O–H groups in total. The molecule has 0 unspecified atom stereocenters. The fourth-order valence-corrected chi connectivity index (χ4v) is 0.375. The fourth-order valence-electron chi connectivity index (χ4n) is 0.375. The largest absolute Gasteiger partial charge is 0.248 e. The summed E-state index contributed by atoms with van der Waals surface area (Å²) in [7, 11) is 3.92. The number of rotatable bonds is 2. The predicted octanol–water partition coefficient (Wildman–Crippen LogP) is 0.840. The lowest BCUT2D eigenvalue weighted by molar-refractivity contribution is -0.815. The molecule has 0 heterocycles. The Kier molecular flexibility index (Phi) is 2.30. The predicted molar refractivity (Wildman–Crippen MR) is 36.0 cm³/mol. The number of hydrogen-bond acceptors (Lipinski definition) is 0. The van der Waals surface area contributed by atoms with Crippen LogP contribution in [0.4, 0.5) is 0 Å². The Morgan fingerprint density at radius 2 is 2.25 bits per heavy atom. The second-order valence-corrected chi connectivity index (χ2v) is 2.29. The van der Waals surface area contributed by atoms with E-state index in [1.807, 2.05) is 20.2 Å². The van der Waals surface area contributed by atoms with E-state index in [-0.39, 0.29) is 0 Å². The molecule has 0 radical (unpaired) electrons. The fraction of sp³-hybridized carbons (Fsp3) is 0.429. The first kappa shape index (κ1) is 7.26. The molecule has 0 aromatic rings. The van der Waals surface area contributed by atoms with Gasteiger partial charge < -0.3 is 0 Å². The molecule has 0 aliphatic carbocycles. The summed E-state index contributed by atoms with van der Waals surface area (Å²) >= 11 is 0. The average molecular weight is 110 g/mol. The van der Waals surface area contributed by atoms with E-state index in [0.717, 1.165) is 6.54 Å². The van der Waals surface area contributed by atoms with E-state index >= 15 is 0 Å². The third-order valence-electron chi connectivity index (χ3n) is 0.935. The summed E-state index contributed by atoms with van der Waals surface area (Å²) in [6.45, 7) is 4.41. The zero-order valence-corrected chi connectivity index (χ0v) is 5.52. The maximum absolute atomic E-state index is 5.17. The van der Waals surface area contributed by atoms with Crippen molar-refractivity contribution < 1.29 is 4.48 Å². The zero-order valence-electron chi connectivity index (χ0n) is 5.52. The number of likely N-dealkylation sites (N-methyl/N-ethyl adjacent to an activating group) is 1. The molecule has 0 saturated carbocycles. The summed E-state index contributed by atoms with van der Waals surface area (Å²) in [5.41, 5.74) is 0. The van der Waals surface area contributed by atoms with Crippen LogP contribution in [0.15, 0.2) is 12.7 Å². The van der Waals surface area contributed by atoms with Gasteiger partial charge in [-0.25, -0.2) is 4.48 Å². The molecule has 0 bridgehead atoms. The first-order valence-electron chi connectivity index (χ1n) is 2.54. The maximum atomic E-state index is 5.17. The molecule has 0 aromatic heterocycles. The van der Waals surface area contributed by atoms with E-state index in [0.29, 0.717) is 4.48 Å². The van der Waals surface area contributed by atoms with Crippen molar-refractivity contribution >= 4 is 0 Å². The first-order valence-corrected chi connectivity index (χ1v) is 2.54. The van der Waals surface area contributed by atoms with Crippen LogP contribution in [0.1, 0.15) is 0 Å². The van der Waals surface area contributed by atoms with Crippen molar-refractivity contribution in [1.82, 2.24) is 0 Å². The highest BCUT2D eigenvalue weighted by molar-refractivity contribution is 4.74. The number of terminal acetylenes is 1. The molecule has 0 atom stereocenters. The minimum Gasteiger partial charge on any atom is -0.248 e. The molecule has 8 heavy (non-hydrogen) atoms. The molecule has 0 fully saturated rings. The summed E-state index contributed by atoms with van der Waals surface area (Å²) in [6.07, 6.45) is 6.99. The Balaban J connectivity index is 3.76. The van der Waals surface area contributed by atoms with Crippen molar-refractivity contribution in [1.29, 1.82) is 0 Å². The summed E-state index contributed by atoms with van der Waals surface area (Å²) in [5.74, 6) is 0. The van der Waals surface area contributed by atoms with Gasteiger partial charge in [0.05, 0.1) is 14.1 Å². The van der Waals surface area contributed by atoms with Crippen LogP contribution < -0.4 is 0 Å². The summed E-state index contributed by atoms with van der Waals surface area (Å²) in [6, 6.07) is 2.61. The maximum Gasteiger partial charge on any atom is 0.133 e. The lowest BCUT2D eigenvalue weighted by atomic mass is 10.5. The molecular weight excluding hydrogens is 98.1 g/mol. The highest BCUT2D eigenvalue weighted by atomic mass is 15.3. The monoisotopic (exact) mass is 110 g/mol. The third-order valence-corrected chi connectivity index (χ3v) is 0.935. The van der Waals surface area contributed by atoms with Crippen LogP contribution in [-0.4, -0.2) is 25.1 Å². The van der Waals surface area contributed by atoms with Gasteiger partial charge in [0, 0.05) is 0 Å². The van der Waals surface area contributed by atoms with Gasteiger partial charge in [-0.15, -0.1) is 0 Å². The Morgan fingerprint density at radius 1 is 1.75 bits per heavy atom. The number of nitrogens with zero attached hydrogens (tertiary/aromatic N) is 1.